The Labute approximate surface area is 210 Å². The topological polar surface area (TPSA) is 26.3 Å². The minimum atomic E-state index is -0.113. The molecular formula is C32H52O2. The highest BCUT2D eigenvalue weighted by Gasteiger charge is 2.81. The average molecular weight is 469 g/mol. The van der Waals surface area contributed by atoms with Crippen LogP contribution in [0.4, 0.5) is 0 Å². The van der Waals surface area contributed by atoms with E-state index in [4.69, 9.17) is 4.74 Å². The van der Waals surface area contributed by atoms with Gasteiger partial charge in [-0.3, -0.25) is 4.79 Å². The van der Waals surface area contributed by atoms with Gasteiger partial charge in [0.2, 0.25) is 0 Å². The lowest BCUT2D eigenvalue weighted by Gasteiger charge is -2.61. The molecule has 0 bridgehead atoms. The number of hydrogen-bond donors (Lipinski definition) is 0. The fourth-order valence-electron chi connectivity index (χ4n) is 11.0. The quantitative estimate of drug-likeness (QED) is 0.288. The number of fused-ring (bicyclic) bond motifs is 2. The van der Waals surface area contributed by atoms with Crippen molar-refractivity contribution in [2.75, 3.05) is 0 Å². The molecule has 5 rings (SSSR count). The van der Waals surface area contributed by atoms with E-state index in [0.717, 1.165) is 30.1 Å². The summed E-state index contributed by atoms with van der Waals surface area (Å²) < 4.78 is 5.87. The van der Waals surface area contributed by atoms with Crippen molar-refractivity contribution < 1.29 is 9.53 Å². The van der Waals surface area contributed by atoms with Crippen LogP contribution in [0.25, 0.3) is 0 Å². The molecule has 0 N–H and O–H groups in total. The van der Waals surface area contributed by atoms with Crippen molar-refractivity contribution in [2.45, 2.75) is 126 Å². The van der Waals surface area contributed by atoms with Gasteiger partial charge in [0.15, 0.2) is 0 Å². The molecule has 4 fully saturated rings. The molecule has 2 spiro atoms. The van der Waals surface area contributed by atoms with Gasteiger partial charge in [-0.05, 0) is 96.2 Å². The summed E-state index contributed by atoms with van der Waals surface area (Å²) >= 11 is 0. The number of allylic oxidation sites excluding steroid dienone is 2. The Hall–Kier alpha value is -0.790. The lowest BCUT2D eigenvalue weighted by Crippen LogP contribution is -2.56. The minimum absolute atomic E-state index is 0.0275. The number of esters is 1. The van der Waals surface area contributed by atoms with Gasteiger partial charge in [0.1, 0.15) is 6.10 Å². The first-order valence-electron chi connectivity index (χ1n) is 14.7. The Bertz CT molecular complexity index is 855. The maximum Gasteiger partial charge on any atom is 0.302 e. The molecule has 5 aliphatic rings. The van der Waals surface area contributed by atoms with E-state index in [1.54, 1.807) is 6.92 Å². The monoisotopic (exact) mass is 468 g/mol. The molecule has 9 atom stereocenters. The van der Waals surface area contributed by atoms with Gasteiger partial charge in [-0.2, -0.15) is 0 Å². The third kappa shape index (κ3) is 3.14. The number of carbonyl (C=O) groups is 1. The zero-order valence-electron chi connectivity index (χ0n) is 23.5. The third-order valence-electron chi connectivity index (χ3n) is 13.0. The van der Waals surface area contributed by atoms with Crippen LogP contribution >= 0.6 is 0 Å². The van der Waals surface area contributed by atoms with E-state index in [0.29, 0.717) is 27.6 Å². The highest BCUT2D eigenvalue weighted by molar-refractivity contribution is 5.66. The van der Waals surface area contributed by atoms with Crippen LogP contribution in [0, 0.1) is 56.7 Å². The zero-order valence-corrected chi connectivity index (χ0v) is 23.5. The van der Waals surface area contributed by atoms with Crippen molar-refractivity contribution in [3.63, 3.8) is 0 Å². The highest BCUT2D eigenvalue weighted by atomic mass is 16.5. The van der Waals surface area contributed by atoms with E-state index in [9.17, 15) is 4.79 Å². The second kappa shape index (κ2) is 7.85. The number of hydrogen-bond acceptors (Lipinski definition) is 2. The second-order valence-corrected chi connectivity index (χ2v) is 15.1. The van der Waals surface area contributed by atoms with Gasteiger partial charge < -0.3 is 4.74 Å². The molecule has 0 aliphatic heterocycles. The predicted molar refractivity (Wildman–Crippen MR) is 140 cm³/mol. The van der Waals surface area contributed by atoms with Crippen molar-refractivity contribution in [1.29, 1.82) is 0 Å². The summed E-state index contributed by atoms with van der Waals surface area (Å²) in [6.45, 7) is 19.1. The van der Waals surface area contributed by atoms with Crippen molar-refractivity contribution in [1.82, 2.24) is 0 Å². The van der Waals surface area contributed by atoms with Crippen LogP contribution in [0.5, 0.6) is 0 Å². The molecule has 0 aromatic heterocycles. The van der Waals surface area contributed by atoms with Gasteiger partial charge in [-0.25, -0.2) is 0 Å². The molecule has 5 aliphatic carbocycles. The first-order chi connectivity index (χ1) is 15.8. The van der Waals surface area contributed by atoms with E-state index in [2.05, 4.69) is 60.6 Å². The number of carbonyl (C=O) groups excluding carboxylic acids is 1. The SMILES string of the molecule is CC(=O)OC1CCC23CC24CCC2(C)C(C(C)CCCC(C)C)CCC2(C)C4C=CC3C1(C)C. The molecular weight excluding hydrogens is 416 g/mol. The lowest BCUT2D eigenvalue weighted by atomic mass is 9.43. The maximum absolute atomic E-state index is 11.8. The zero-order chi connectivity index (χ0) is 24.7. The van der Waals surface area contributed by atoms with Gasteiger partial charge in [-0.1, -0.05) is 79.9 Å². The molecule has 2 nitrogen and oxygen atoms in total. The summed E-state index contributed by atoms with van der Waals surface area (Å²) in [6, 6.07) is 0. The summed E-state index contributed by atoms with van der Waals surface area (Å²) in [5.41, 5.74) is 1.90. The first-order valence-corrected chi connectivity index (χ1v) is 14.7. The molecule has 4 saturated carbocycles. The number of rotatable bonds is 6. The molecule has 2 heteroatoms. The second-order valence-electron chi connectivity index (χ2n) is 15.1. The van der Waals surface area contributed by atoms with E-state index in [1.807, 2.05) is 0 Å². The molecule has 0 aromatic carbocycles. The van der Waals surface area contributed by atoms with Crippen LogP contribution in [-0.4, -0.2) is 12.1 Å². The van der Waals surface area contributed by atoms with Crippen molar-refractivity contribution in [3.05, 3.63) is 12.2 Å². The molecule has 0 amide bonds. The summed E-state index contributed by atoms with van der Waals surface area (Å²) in [6.07, 6.45) is 19.0. The fraction of sp³-hybridized carbons (Fsp3) is 0.906. The molecule has 192 valence electrons. The Morgan fingerprint density at radius 2 is 1.56 bits per heavy atom. The van der Waals surface area contributed by atoms with Crippen LogP contribution in [0.15, 0.2) is 12.2 Å². The molecule has 0 radical (unpaired) electrons. The predicted octanol–water partition coefficient (Wildman–Crippen LogP) is 8.60. The van der Waals surface area contributed by atoms with Crippen LogP contribution in [-0.2, 0) is 9.53 Å². The van der Waals surface area contributed by atoms with Gasteiger partial charge >= 0.3 is 5.97 Å². The van der Waals surface area contributed by atoms with Gasteiger partial charge in [0.25, 0.3) is 0 Å². The Morgan fingerprint density at radius 3 is 2.24 bits per heavy atom. The lowest BCUT2D eigenvalue weighted by molar-refractivity contribution is -0.165. The normalized spacial score (nSPS) is 49.0. The molecule has 34 heavy (non-hydrogen) atoms. The van der Waals surface area contributed by atoms with Crippen molar-refractivity contribution in [2.24, 2.45) is 56.7 Å². The maximum atomic E-state index is 11.8. The number of ether oxygens (including phenoxy) is 1. The van der Waals surface area contributed by atoms with Crippen LogP contribution in [0.2, 0.25) is 0 Å². The van der Waals surface area contributed by atoms with Crippen LogP contribution in [0.1, 0.15) is 120 Å². The van der Waals surface area contributed by atoms with Gasteiger partial charge in [0, 0.05) is 12.3 Å². The molecule has 9 unspecified atom stereocenters. The molecule has 0 aromatic rings. The summed E-state index contributed by atoms with van der Waals surface area (Å²) in [5, 5.41) is 0. The van der Waals surface area contributed by atoms with Crippen LogP contribution < -0.4 is 0 Å². The van der Waals surface area contributed by atoms with E-state index in [-0.39, 0.29) is 17.5 Å². The first kappa shape index (κ1) is 24.9. The largest absolute Gasteiger partial charge is 0.462 e. The Kier molecular flexibility index (Phi) is 5.75. The Balaban J connectivity index is 1.41. The van der Waals surface area contributed by atoms with Gasteiger partial charge in [0.05, 0.1) is 0 Å². The van der Waals surface area contributed by atoms with Crippen molar-refractivity contribution in [3.8, 4) is 0 Å². The highest BCUT2D eigenvalue weighted by Crippen LogP contribution is 2.87. The minimum Gasteiger partial charge on any atom is -0.462 e. The Morgan fingerprint density at radius 1 is 0.882 bits per heavy atom. The summed E-state index contributed by atoms with van der Waals surface area (Å²) in [4.78, 5) is 11.8. The van der Waals surface area contributed by atoms with E-state index >= 15 is 0 Å². The standard InChI is InChI=1S/C32H52O2/c1-21(2)10-9-11-22(3)24-14-16-30(8)26-13-12-25-28(5,6)27(34-23(4)33)15-17-31(25)20-32(26,31)19-18-29(24,30)7/h12-13,21-22,24-27H,9-11,14-20H2,1-8H3. The smallest absolute Gasteiger partial charge is 0.302 e. The average Bonchev–Trinajstić information content (AvgIpc) is 3.32. The van der Waals surface area contributed by atoms with Gasteiger partial charge in [-0.15, -0.1) is 0 Å². The molecule has 0 saturated heterocycles. The van der Waals surface area contributed by atoms with Crippen LogP contribution in [0.3, 0.4) is 0 Å². The fourth-order valence-corrected chi connectivity index (χ4v) is 11.0. The molecule has 0 heterocycles. The third-order valence-corrected chi connectivity index (χ3v) is 13.0. The summed E-state index contributed by atoms with van der Waals surface area (Å²) in [7, 11) is 0. The van der Waals surface area contributed by atoms with E-state index < -0.39 is 0 Å². The van der Waals surface area contributed by atoms with Crippen molar-refractivity contribution >= 4 is 5.97 Å². The summed E-state index contributed by atoms with van der Waals surface area (Å²) in [5.74, 6) is 3.75. The van der Waals surface area contributed by atoms with E-state index in [1.165, 1.54) is 57.8 Å².